The fourth-order valence-electron chi connectivity index (χ4n) is 1.26. The molecule has 0 aromatic carbocycles. The topological polar surface area (TPSA) is 37.8 Å². The second-order valence-corrected chi connectivity index (χ2v) is 4.01. The summed E-state index contributed by atoms with van der Waals surface area (Å²) in [6.45, 7) is 8.59. The largest absolute Gasteiger partial charge is 0.363 e. The van der Waals surface area contributed by atoms with Crippen LogP contribution in [0.15, 0.2) is 12.3 Å². The van der Waals surface area contributed by atoms with Gasteiger partial charge in [0.1, 0.15) is 5.82 Å². The van der Waals surface area contributed by atoms with Crippen LogP contribution in [-0.4, -0.2) is 15.7 Å². The van der Waals surface area contributed by atoms with Crippen LogP contribution in [0.1, 0.15) is 39.2 Å². The van der Waals surface area contributed by atoms with Crippen molar-refractivity contribution in [3.05, 3.63) is 17.8 Å². The molecular formula is C11H19N3. The highest BCUT2D eigenvalue weighted by Gasteiger charge is 2.19. The summed E-state index contributed by atoms with van der Waals surface area (Å²) in [6, 6.07) is 2.02. The third-order valence-electron chi connectivity index (χ3n) is 2.78. The standard InChI is InChI=1S/C11H19N3/c1-5-11(4,6-2)13-10-7-9(3)8-12-14-10/h7-8H,5-6H2,1-4H3,(H,13,14). The van der Waals surface area contributed by atoms with E-state index in [-0.39, 0.29) is 5.54 Å². The van der Waals surface area contributed by atoms with Gasteiger partial charge in [-0.25, -0.2) is 0 Å². The quantitative estimate of drug-likeness (QED) is 0.799. The summed E-state index contributed by atoms with van der Waals surface area (Å²) < 4.78 is 0. The van der Waals surface area contributed by atoms with Gasteiger partial charge in [-0.2, -0.15) is 5.10 Å². The number of anilines is 1. The van der Waals surface area contributed by atoms with Crippen molar-refractivity contribution < 1.29 is 0 Å². The first-order valence-electron chi connectivity index (χ1n) is 5.17. The van der Waals surface area contributed by atoms with E-state index in [1.807, 2.05) is 13.0 Å². The van der Waals surface area contributed by atoms with Crippen molar-refractivity contribution in [1.29, 1.82) is 0 Å². The van der Waals surface area contributed by atoms with Gasteiger partial charge in [0.15, 0.2) is 0 Å². The minimum absolute atomic E-state index is 0.127. The molecule has 0 spiro atoms. The molecule has 0 unspecified atom stereocenters. The number of rotatable bonds is 4. The van der Waals surface area contributed by atoms with E-state index in [9.17, 15) is 0 Å². The number of hydrogen-bond acceptors (Lipinski definition) is 3. The van der Waals surface area contributed by atoms with Gasteiger partial charge in [0, 0.05) is 5.54 Å². The minimum Gasteiger partial charge on any atom is -0.363 e. The molecule has 0 fully saturated rings. The van der Waals surface area contributed by atoms with E-state index in [1.165, 1.54) is 0 Å². The predicted octanol–water partition coefficient (Wildman–Crippen LogP) is 2.78. The van der Waals surface area contributed by atoms with Crippen LogP contribution >= 0.6 is 0 Å². The van der Waals surface area contributed by atoms with E-state index < -0.39 is 0 Å². The number of nitrogens with one attached hydrogen (secondary N) is 1. The highest BCUT2D eigenvalue weighted by Crippen LogP contribution is 2.19. The second-order valence-electron chi connectivity index (χ2n) is 4.01. The first-order valence-corrected chi connectivity index (χ1v) is 5.17. The van der Waals surface area contributed by atoms with Crippen molar-refractivity contribution in [1.82, 2.24) is 10.2 Å². The predicted molar refractivity (Wildman–Crippen MR) is 59.4 cm³/mol. The second kappa shape index (κ2) is 4.40. The molecule has 1 N–H and O–H groups in total. The summed E-state index contributed by atoms with van der Waals surface area (Å²) in [5.74, 6) is 0.871. The van der Waals surface area contributed by atoms with Crippen molar-refractivity contribution in [3.8, 4) is 0 Å². The van der Waals surface area contributed by atoms with Crippen LogP contribution in [0.5, 0.6) is 0 Å². The minimum atomic E-state index is 0.127. The summed E-state index contributed by atoms with van der Waals surface area (Å²) in [7, 11) is 0. The fraction of sp³-hybridized carbons (Fsp3) is 0.636. The Bertz CT molecular complexity index is 292. The fourth-order valence-corrected chi connectivity index (χ4v) is 1.26. The van der Waals surface area contributed by atoms with Gasteiger partial charge < -0.3 is 5.32 Å². The summed E-state index contributed by atoms with van der Waals surface area (Å²) in [6.07, 6.45) is 3.93. The van der Waals surface area contributed by atoms with Crippen LogP contribution in [0.2, 0.25) is 0 Å². The Balaban J connectivity index is 2.77. The lowest BCUT2D eigenvalue weighted by Crippen LogP contribution is -2.33. The summed E-state index contributed by atoms with van der Waals surface area (Å²) >= 11 is 0. The Labute approximate surface area is 85.9 Å². The van der Waals surface area contributed by atoms with Gasteiger partial charge in [-0.15, -0.1) is 5.10 Å². The summed E-state index contributed by atoms with van der Waals surface area (Å²) in [5.41, 5.74) is 1.26. The molecule has 3 heteroatoms. The van der Waals surface area contributed by atoms with Crippen molar-refractivity contribution in [2.75, 3.05) is 5.32 Å². The van der Waals surface area contributed by atoms with Gasteiger partial charge in [0.05, 0.1) is 6.20 Å². The van der Waals surface area contributed by atoms with Gasteiger partial charge >= 0.3 is 0 Å². The van der Waals surface area contributed by atoms with Crippen LogP contribution in [0.4, 0.5) is 5.82 Å². The third-order valence-corrected chi connectivity index (χ3v) is 2.78. The van der Waals surface area contributed by atoms with Gasteiger partial charge in [-0.3, -0.25) is 0 Å². The highest BCUT2D eigenvalue weighted by molar-refractivity contribution is 5.37. The lowest BCUT2D eigenvalue weighted by molar-refractivity contribution is 0.476. The number of aryl methyl sites for hydroxylation is 1. The molecule has 0 radical (unpaired) electrons. The molecule has 3 nitrogen and oxygen atoms in total. The molecule has 1 rings (SSSR count). The Hall–Kier alpha value is -1.12. The van der Waals surface area contributed by atoms with Crippen LogP contribution in [0, 0.1) is 6.92 Å². The van der Waals surface area contributed by atoms with Crippen molar-refractivity contribution in [2.24, 2.45) is 0 Å². The van der Waals surface area contributed by atoms with Gasteiger partial charge in [-0.1, -0.05) is 13.8 Å². The molecule has 0 amide bonds. The van der Waals surface area contributed by atoms with Crippen molar-refractivity contribution in [2.45, 2.75) is 46.1 Å². The normalized spacial score (nSPS) is 11.4. The number of hydrogen-bond donors (Lipinski definition) is 1. The first kappa shape index (κ1) is 11.0. The van der Waals surface area contributed by atoms with Crippen LogP contribution in [-0.2, 0) is 0 Å². The summed E-state index contributed by atoms with van der Waals surface area (Å²) in [5, 5.41) is 11.4. The van der Waals surface area contributed by atoms with Crippen LogP contribution < -0.4 is 5.32 Å². The van der Waals surface area contributed by atoms with E-state index in [1.54, 1.807) is 6.20 Å². The molecule has 0 aliphatic rings. The van der Waals surface area contributed by atoms with Crippen LogP contribution in [0.25, 0.3) is 0 Å². The molecule has 1 aromatic rings. The van der Waals surface area contributed by atoms with E-state index in [4.69, 9.17) is 0 Å². The van der Waals surface area contributed by atoms with Gasteiger partial charge in [-0.05, 0) is 38.3 Å². The van der Waals surface area contributed by atoms with E-state index in [2.05, 4.69) is 36.3 Å². The molecule has 0 saturated carbocycles. The zero-order chi connectivity index (χ0) is 10.6. The Morgan fingerprint density at radius 3 is 2.50 bits per heavy atom. The average molecular weight is 193 g/mol. The van der Waals surface area contributed by atoms with Gasteiger partial charge in [0.25, 0.3) is 0 Å². The Kier molecular flexibility index (Phi) is 3.44. The van der Waals surface area contributed by atoms with Crippen molar-refractivity contribution >= 4 is 5.82 Å². The molecule has 14 heavy (non-hydrogen) atoms. The maximum atomic E-state index is 4.06. The number of nitrogens with zero attached hydrogens (tertiary/aromatic N) is 2. The maximum Gasteiger partial charge on any atom is 0.149 e. The molecule has 0 atom stereocenters. The van der Waals surface area contributed by atoms with Crippen LogP contribution in [0.3, 0.4) is 0 Å². The summed E-state index contributed by atoms with van der Waals surface area (Å²) in [4.78, 5) is 0. The maximum absolute atomic E-state index is 4.06. The van der Waals surface area contributed by atoms with E-state index >= 15 is 0 Å². The molecule has 1 aromatic heterocycles. The zero-order valence-electron chi connectivity index (χ0n) is 9.46. The third kappa shape index (κ3) is 2.69. The molecular weight excluding hydrogens is 174 g/mol. The molecule has 0 bridgehead atoms. The van der Waals surface area contributed by atoms with E-state index in [0.717, 1.165) is 24.2 Å². The molecule has 0 saturated heterocycles. The average Bonchev–Trinajstić information content (AvgIpc) is 2.18. The van der Waals surface area contributed by atoms with Crippen molar-refractivity contribution in [3.63, 3.8) is 0 Å². The Morgan fingerprint density at radius 2 is 2.00 bits per heavy atom. The molecule has 0 aliphatic heterocycles. The smallest absolute Gasteiger partial charge is 0.149 e. The first-order chi connectivity index (χ1) is 6.59. The monoisotopic (exact) mass is 193 g/mol. The number of aromatic nitrogens is 2. The SMILES string of the molecule is CCC(C)(CC)Nc1cc(C)cnn1. The van der Waals surface area contributed by atoms with Gasteiger partial charge in [0.2, 0.25) is 0 Å². The lowest BCUT2D eigenvalue weighted by atomic mass is 9.96. The Morgan fingerprint density at radius 1 is 1.36 bits per heavy atom. The molecule has 0 aliphatic carbocycles. The highest BCUT2D eigenvalue weighted by atomic mass is 15.2. The zero-order valence-corrected chi connectivity index (χ0v) is 9.46. The molecule has 78 valence electrons. The van der Waals surface area contributed by atoms with E-state index in [0.29, 0.717) is 0 Å². The lowest BCUT2D eigenvalue weighted by Gasteiger charge is -2.28. The molecule has 1 heterocycles.